The third kappa shape index (κ3) is 3.60. The Morgan fingerprint density at radius 1 is 1.33 bits per heavy atom. The van der Waals surface area contributed by atoms with Crippen LogP contribution in [-0.4, -0.2) is 24.2 Å². The van der Waals surface area contributed by atoms with Crippen LogP contribution in [0.25, 0.3) is 10.8 Å². The Labute approximate surface area is 144 Å². The normalized spacial score (nSPS) is 11.1. The summed E-state index contributed by atoms with van der Waals surface area (Å²) in [6.07, 6.45) is 1.84. The van der Waals surface area contributed by atoms with Gasteiger partial charge in [-0.3, -0.25) is 4.79 Å². The molecule has 3 rings (SSSR count). The number of aryl methyl sites for hydroxylation is 1. The second-order valence-corrected chi connectivity index (χ2v) is 6.20. The number of benzene rings is 2. The van der Waals surface area contributed by atoms with Crippen molar-refractivity contribution in [2.45, 2.75) is 13.3 Å². The molecule has 1 heterocycles. The smallest absolute Gasteiger partial charge is 0.246 e. The number of carbonyl (C=O) groups excluding carboxylic acids is 1. The van der Waals surface area contributed by atoms with Gasteiger partial charge in [0.2, 0.25) is 5.91 Å². The second-order valence-electron chi connectivity index (χ2n) is 5.26. The molecule has 0 unspecified atom stereocenters. The van der Waals surface area contributed by atoms with E-state index in [1.807, 2.05) is 48.7 Å². The summed E-state index contributed by atoms with van der Waals surface area (Å²) in [6, 6.07) is 11.9. The number of aromatic nitrogens is 1. The summed E-state index contributed by atoms with van der Waals surface area (Å²) in [4.78, 5) is 16.2. The molecule has 0 bridgehead atoms. The van der Waals surface area contributed by atoms with Gasteiger partial charge in [0.1, 0.15) is 10.8 Å². The highest BCUT2D eigenvalue weighted by Gasteiger charge is 2.08. The molecule has 24 heavy (non-hydrogen) atoms. The summed E-state index contributed by atoms with van der Waals surface area (Å²) < 4.78 is 5.40. The van der Waals surface area contributed by atoms with Crippen LogP contribution in [0, 0.1) is 6.92 Å². The highest BCUT2D eigenvalue weighted by Crippen LogP contribution is 2.26. The van der Waals surface area contributed by atoms with Crippen molar-refractivity contribution in [2.24, 2.45) is 5.10 Å². The fraction of sp³-hybridized carbons (Fsp3) is 0.167. The van der Waals surface area contributed by atoms with E-state index in [1.54, 1.807) is 13.3 Å². The van der Waals surface area contributed by atoms with Gasteiger partial charge in [-0.1, -0.05) is 30.3 Å². The first-order valence-electron chi connectivity index (χ1n) is 7.46. The van der Waals surface area contributed by atoms with E-state index in [2.05, 4.69) is 15.5 Å². The Morgan fingerprint density at radius 3 is 2.92 bits per heavy atom. The van der Waals surface area contributed by atoms with Crippen molar-refractivity contribution in [3.05, 3.63) is 58.0 Å². The van der Waals surface area contributed by atoms with E-state index in [4.69, 9.17) is 4.74 Å². The lowest BCUT2D eigenvalue weighted by atomic mass is 10.0. The molecule has 122 valence electrons. The van der Waals surface area contributed by atoms with Crippen LogP contribution < -0.4 is 10.2 Å². The highest BCUT2D eigenvalue weighted by molar-refractivity contribution is 7.09. The predicted octanol–water partition coefficient (Wildman–Crippen LogP) is 3.31. The zero-order valence-electron chi connectivity index (χ0n) is 13.4. The van der Waals surface area contributed by atoms with Crippen molar-refractivity contribution in [3.8, 4) is 5.75 Å². The number of methoxy groups -OCH3 is 1. The molecule has 3 aromatic rings. The molecule has 0 radical (unpaired) electrons. The Morgan fingerprint density at radius 2 is 2.17 bits per heavy atom. The van der Waals surface area contributed by atoms with Gasteiger partial charge in [0.05, 0.1) is 19.7 Å². The Hall–Kier alpha value is -2.73. The molecule has 0 aliphatic rings. The van der Waals surface area contributed by atoms with Crippen LogP contribution in [0.4, 0.5) is 0 Å². The number of nitrogens with zero attached hydrogens (tertiary/aromatic N) is 2. The van der Waals surface area contributed by atoms with E-state index in [1.165, 1.54) is 11.3 Å². The van der Waals surface area contributed by atoms with Crippen LogP contribution in [0.3, 0.4) is 0 Å². The van der Waals surface area contributed by atoms with Gasteiger partial charge in [0, 0.05) is 16.6 Å². The first-order chi connectivity index (χ1) is 11.7. The molecular weight excluding hydrogens is 322 g/mol. The molecule has 6 heteroatoms. The number of nitrogens with one attached hydrogen (secondary N) is 1. The number of ether oxygens (including phenoxy) is 1. The minimum absolute atomic E-state index is 0.195. The number of fused-ring (bicyclic) bond motifs is 1. The van der Waals surface area contributed by atoms with Crippen molar-refractivity contribution in [1.29, 1.82) is 0 Å². The lowest BCUT2D eigenvalue weighted by Crippen LogP contribution is -2.19. The van der Waals surface area contributed by atoms with Crippen molar-refractivity contribution in [1.82, 2.24) is 10.4 Å². The predicted molar refractivity (Wildman–Crippen MR) is 96.8 cm³/mol. The number of hydrazone groups is 1. The van der Waals surface area contributed by atoms with Crippen LogP contribution >= 0.6 is 11.3 Å². The van der Waals surface area contributed by atoms with E-state index in [-0.39, 0.29) is 12.3 Å². The number of rotatable bonds is 5. The number of hydrogen-bond acceptors (Lipinski definition) is 5. The number of thiazole rings is 1. The number of carbonyl (C=O) groups is 1. The summed E-state index contributed by atoms with van der Waals surface area (Å²) in [6.45, 7) is 1.91. The zero-order chi connectivity index (χ0) is 16.9. The molecule has 0 fully saturated rings. The molecule has 1 N–H and O–H groups in total. The second kappa shape index (κ2) is 7.23. The first kappa shape index (κ1) is 16.1. The zero-order valence-corrected chi connectivity index (χ0v) is 14.3. The van der Waals surface area contributed by atoms with Crippen molar-refractivity contribution in [2.75, 3.05) is 7.11 Å². The average molecular weight is 339 g/mol. The van der Waals surface area contributed by atoms with E-state index in [0.717, 1.165) is 27.0 Å². The summed E-state index contributed by atoms with van der Waals surface area (Å²) in [5.74, 6) is 0.516. The van der Waals surface area contributed by atoms with Crippen molar-refractivity contribution in [3.63, 3.8) is 0 Å². The molecule has 0 spiro atoms. The molecule has 1 aromatic heterocycles. The van der Waals surface area contributed by atoms with E-state index >= 15 is 0 Å². The van der Waals surface area contributed by atoms with Gasteiger partial charge in [0.25, 0.3) is 0 Å². The highest BCUT2D eigenvalue weighted by atomic mass is 32.1. The number of hydrogen-bond donors (Lipinski definition) is 1. The van der Waals surface area contributed by atoms with Gasteiger partial charge < -0.3 is 4.74 Å². The van der Waals surface area contributed by atoms with Gasteiger partial charge in [-0.05, 0) is 23.8 Å². The van der Waals surface area contributed by atoms with Gasteiger partial charge >= 0.3 is 0 Å². The quantitative estimate of drug-likeness (QED) is 0.573. The van der Waals surface area contributed by atoms with E-state index < -0.39 is 0 Å². The molecule has 1 amide bonds. The number of amides is 1. The van der Waals surface area contributed by atoms with Crippen molar-refractivity contribution < 1.29 is 9.53 Å². The van der Waals surface area contributed by atoms with Crippen molar-refractivity contribution >= 4 is 34.2 Å². The molecule has 0 aliphatic carbocycles. The molecule has 0 aliphatic heterocycles. The minimum Gasteiger partial charge on any atom is -0.496 e. The summed E-state index contributed by atoms with van der Waals surface area (Å²) in [7, 11) is 1.62. The maximum atomic E-state index is 11.9. The van der Waals surface area contributed by atoms with Gasteiger partial charge in [-0.2, -0.15) is 5.10 Å². The maximum Gasteiger partial charge on any atom is 0.246 e. The van der Waals surface area contributed by atoms with Crippen LogP contribution in [0.1, 0.15) is 16.3 Å². The monoisotopic (exact) mass is 339 g/mol. The third-order valence-corrected chi connectivity index (χ3v) is 4.48. The largest absolute Gasteiger partial charge is 0.496 e. The van der Waals surface area contributed by atoms with Gasteiger partial charge in [-0.15, -0.1) is 11.3 Å². The lowest BCUT2D eigenvalue weighted by molar-refractivity contribution is -0.120. The Balaban J connectivity index is 1.76. The van der Waals surface area contributed by atoms with Crippen LogP contribution in [0.2, 0.25) is 0 Å². The summed E-state index contributed by atoms with van der Waals surface area (Å²) >= 11 is 1.47. The van der Waals surface area contributed by atoms with E-state index in [9.17, 15) is 4.79 Å². The van der Waals surface area contributed by atoms with Gasteiger partial charge in [-0.25, -0.2) is 10.4 Å². The first-order valence-corrected chi connectivity index (χ1v) is 8.34. The molecule has 5 nitrogen and oxygen atoms in total. The molecule has 0 saturated heterocycles. The summed E-state index contributed by atoms with van der Waals surface area (Å²) in [5, 5.41) is 8.89. The Bertz CT molecular complexity index is 902. The lowest BCUT2D eigenvalue weighted by Gasteiger charge is -2.08. The summed E-state index contributed by atoms with van der Waals surface area (Å²) in [5.41, 5.74) is 4.30. The molecule has 2 aromatic carbocycles. The fourth-order valence-electron chi connectivity index (χ4n) is 2.42. The molecular formula is C18H17N3O2S. The van der Waals surface area contributed by atoms with Crippen LogP contribution in [0.5, 0.6) is 5.75 Å². The SMILES string of the molecule is COc1ccc2ccccc2c1/C=N\NC(=O)Cc1nc(C)cs1. The standard InChI is InChI=1S/C18H17N3O2S/c1-12-11-24-18(20-12)9-17(22)21-19-10-15-14-6-4-3-5-13(14)7-8-16(15)23-2/h3-8,10-11H,9H2,1-2H3,(H,21,22)/b19-10-. The van der Waals surface area contributed by atoms with Gasteiger partial charge in [0.15, 0.2) is 0 Å². The topological polar surface area (TPSA) is 63.6 Å². The Kier molecular flexibility index (Phi) is 4.86. The molecule has 0 saturated carbocycles. The molecule has 0 atom stereocenters. The third-order valence-electron chi connectivity index (χ3n) is 3.51. The van der Waals surface area contributed by atoms with Crippen LogP contribution in [-0.2, 0) is 11.2 Å². The maximum absolute atomic E-state index is 11.9. The average Bonchev–Trinajstić information content (AvgIpc) is 2.99. The van der Waals surface area contributed by atoms with E-state index in [0.29, 0.717) is 5.75 Å². The fourth-order valence-corrected chi connectivity index (χ4v) is 3.19. The minimum atomic E-state index is -0.195. The van der Waals surface area contributed by atoms with Crippen LogP contribution in [0.15, 0.2) is 46.9 Å².